The zero-order valence-electron chi connectivity index (χ0n) is 11.7. The van der Waals surface area contributed by atoms with Gasteiger partial charge >= 0.3 is 5.97 Å². The van der Waals surface area contributed by atoms with Crippen LogP contribution in [-0.2, 0) is 19.6 Å². The van der Waals surface area contributed by atoms with Crippen molar-refractivity contribution in [1.82, 2.24) is 9.29 Å². The van der Waals surface area contributed by atoms with E-state index in [1.165, 1.54) is 19.2 Å². The second-order valence-electron chi connectivity index (χ2n) is 4.17. The molecule has 1 amide bonds. The molecule has 0 saturated heterocycles. The summed E-state index contributed by atoms with van der Waals surface area (Å²) in [6.45, 7) is -0.434. The van der Waals surface area contributed by atoms with E-state index in [1.54, 1.807) is 0 Å². The van der Waals surface area contributed by atoms with Crippen LogP contribution in [-0.4, -0.2) is 56.5 Å². The molecule has 0 fully saturated rings. The number of likely N-dealkylation sites (N-methyl/N-ethyl adjacent to an activating group) is 1. The van der Waals surface area contributed by atoms with Gasteiger partial charge in [-0.1, -0.05) is 0 Å². The van der Waals surface area contributed by atoms with Crippen LogP contribution < -0.4 is 10.9 Å². The van der Waals surface area contributed by atoms with Crippen molar-refractivity contribution >= 4 is 27.6 Å². The van der Waals surface area contributed by atoms with Gasteiger partial charge < -0.3 is 15.0 Å². The van der Waals surface area contributed by atoms with Gasteiger partial charge in [0.15, 0.2) is 0 Å². The highest BCUT2D eigenvalue weighted by atomic mass is 32.2. The molecular weight excluding hydrogens is 302 g/mol. The molecule has 1 heterocycles. The van der Waals surface area contributed by atoms with E-state index in [-0.39, 0.29) is 11.4 Å². The number of hydrogen-bond acceptors (Lipinski definition) is 6. The summed E-state index contributed by atoms with van der Waals surface area (Å²) in [5.41, 5.74) is -0.864. The highest BCUT2D eigenvalue weighted by Gasteiger charge is 2.16. The number of anilines is 1. The monoisotopic (exact) mass is 317 g/mol. The van der Waals surface area contributed by atoms with Gasteiger partial charge in [0.25, 0.3) is 5.56 Å². The lowest BCUT2D eigenvalue weighted by Gasteiger charge is -2.13. The van der Waals surface area contributed by atoms with E-state index in [0.717, 1.165) is 17.7 Å². The van der Waals surface area contributed by atoms with Crippen LogP contribution in [0.15, 0.2) is 16.9 Å². The van der Waals surface area contributed by atoms with Crippen molar-refractivity contribution in [3.63, 3.8) is 0 Å². The number of methoxy groups -OCH3 is 1. The molecule has 0 radical (unpaired) electrons. The number of carbonyl (C=O) groups excluding carboxylic acids is 2. The number of rotatable bonds is 5. The lowest BCUT2D eigenvalue weighted by atomic mass is 10.3. The van der Waals surface area contributed by atoms with Gasteiger partial charge in [-0.15, -0.1) is 0 Å². The van der Waals surface area contributed by atoms with Crippen molar-refractivity contribution in [2.75, 3.05) is 32.3 Å². The van der Waals surface area contributed by atoms with Gasteiger partial charge in [-0.25, -0.2) is 13.2 Å². The predicted octanol–water partition coefficient (Wildman–Crippen LogP) is -1.01. The Balaban J connectivity index is 2.83. The minimum Gasteiger partial charge on any atom is -0.464 e. The maximum Gasteiger partial charge on any atom is 0.354 e. The number of amides is 1. The molecule has 0 bridgehead atoms. The van der Waals surface area contributed by atoms with Crippen molar-refractivity contribution in [3.05, 3.63) is 28.2 Å². The Morgan fingerprint density at radius 2 is 2.00 bits per heavy atom. The Labute approximate surface area is 121 Å². The molecular formula is C11H15N3O6S. The summed E-state index contributed by atoms with van der Waals surface area (Å²) in [5, 5.41) is 2.26. The minimum atomic E-state index is -3.50. The fraction of sp³-hybridized carbons (Fsp3) is 0.364. The van der Waals surface area contributed by atoms with Crippen molar-refractivity contribution < 1.29 is 22.7 Å². The number of carbonyl (C=O) groups is 2. The van der Waals surface area contributed by atoms with Crippen molar-refractivity contribution in [2.45, 2.75) is 0 Å². The van der Waals surface area contributed by atoms with Crippen molar-refractivity contribution in [1.29, 1.82) is 0 Å². The second kappa shape index (κ2) is 6.50. The third-order valence-corrected chi connectivity index (χ3v) is 3.78. The fourth-order valence-corrected chi connectivity index (χ4v) is 1.66. The average molecular weight is 317 g/mol. The van der Waals surface area contributed by atoms with Gasteiger partial charge in [0.1, 0.15) is 11.4 Å². The minimum absolute atomic E-state index is 0.0613. The molecule has 1 rings (SSSR count). The molecule has 0 atom stereocenters. The zero-order chi connectivity index (χ0) is 16.2. The molecule has 0 aliphatic rings. The number of aromatic amines is 1. The molecule has 0 aromatic carbocycles. The predicted molar refractivity (Wildman–Crippen MR) is 74.5 cm³/mol. The van der Waals surface area contributed by atoms with Gasteiger partial charge in [0, 0.05) is 7.05 Å². The van der Waals surface area contributed by atoms with Crippen LogP contribution in [0.3, 0.4) is 0 Å². The Kier molecular flexibility index (Phi) is 5.22. The van der Waals surface area contributed by atoms with Gasteiger partial charge in [-0.3, -0.25) is 9.59 Å². The van der Waals surface area contributed by atoms with E-state index >= 15 is 0 Å². The summed E-state index contributed by atoms with van der Waals surface area (Å²) >= 11 is 0. The Bertz CT molecular complexity index is 709. The van der Waals surface area contributed by atoms with E-state index in [0.29, 0.717) is 0 Å². The number of aromatic nitrogens is 1. The second-order valence-corrected chi connectivity index (χ2v) is 6.26. The maximum absolute atomic E-state index is 11.7. The van der Waals surface area contributed by atoms with Gasteiger partial charge in [0.05, 0.1) is 19.9 Å². The van der Waals surface area contributed by atoms with Crippen molar-refractivity contribution in [3.8, 4) is 0 Å². The number of ether oxygens (including phenoxy) is 1. The van der Waals surface area contributed by atoms with Gasteiger partial charge in [-0.2, -0.15) is 4.31 Å². The molecule has 0 aliphatic carbocycles. The van der Waals surface area contributed by atoms with Crippen LogP contribution in [0.4, 0.5) is 5.69 Å². The summed E-state index contributed by atoms with van der Waals surface area (Å²) in [4.78, 5) is 36.7. The molecule has 21 heavy (non-hydrogen) atoms. The summed E-state index contributed by atoms with van der Waals surface area (Å²) in [6, 6.07) is 2.49. The van der Waals surface area contributed by atoms with Crippen LogP contribution in [0.1, 0.15) is 10.5 Å². The lowest BCUT2D eigenvalue weighted by Crippen LogP contribution is -2.35. The largest absolute Gasteiger partial charge is 0.464 e. The number of sulfonamides is 1. The topological polar surface area (TPSA) is 126 Å². The molecule has 9 nitrogen and oxygen atoms in total. The molecule has 0 spiro atoms. The first-order valence-electron chi connectivity index (χ1n) is 5.68. The third-order valence-electron chi connectivity index (χ3n) is 2.52. The van der Waals surface area contributed by atoms with E-state index in [9.17, 15) is 22.8 Å². The summed E-state index contributed by atoms with van der Waals surface area (Å²) < 4.78 is 27.6. The normalized spacial score (nSPS) is 11.2. The Morgan fingerprint density at radius 1 is 1.38 bits per heavy atom. The first-order valence-corrected chi connectivity index (χ1v) is 7.52. The number of pyridine rings is 1. The first kappa shape index (κ1) is 16.9. The van der Waals surface area contributed by atoms with Gasteiger partial charge in [-0.05, 0) is 12.1 Å². The van der Waals surface area contributed by atoms with Crippen LogP contribution in [0, 0.1) is 0 Å². The summed E-state index contributed by atoms with van der Waals surface area (Å²) in [6.07, 6.45) is 0.957. The van der Waals surface area contributed by atoms with Crippen LogP contribution in [0.5, 0.6) is 0 Å². The third kappa shape index (κ3) is 4.68. The highest BCUT2D eigenvalue weighted by molar-refractivity contribution is 7.88. The average Bonchev–Trinajstić information content (AvgIpc) is 2.38. The van der Waals surface area contributed by atoms with Gasteiger partial charge in [0.2, 0.25) is 15.9 Å². The molecule has 0 aliphatic heterocycles. The SMILES string of the molecule is COC(=O)c1ccc(NC(=O)CN(C)S(C)(=O)=O)c(=O)[nH]1. The smallest absolute Gasteiger partial charge is 0.354 e. The standard InChI is InChI=1S/C11H15N3O6S/c1-14(21(3,18)19)6-9(15)12-7-4-5-8(11(17)20-2)13-10(7)16/h4-5H,6H2,1-3H3,(H,12,15)(H,13,16). The Morgan fingerprint density at radius 3 is 2.48 bits per heavy atom. The summed E-state index contributed by atoms with van der Waals surface area (Å²) in [7, 11) is -1.10. The quantitative estimate of drug-likeness (QED) is 0.670. The van der Waals surface area contributed by atoms with E-state index in [4.69, 9.17) is 0 Å². The highest BCUT2D eigenvalue weighted by Crippen LogP contribution is 2.02. The van der Waals surface area contributed by atoms with Crippen molar-refractivity contribution in [2.24, 2.45) is 0 Å². The molecule has 1 aromatic rings. The number of nitrogens with one attached hydrogen (secondary N) is 2. The number of H-pyrrole nitrogens is 1. The maximum atomic E-state index is 11.7. The molecule has 2 N–H and O–H groups in total. The first-order chi connectivity index (χ1) is 9.65. The Hall–Kier alpha value is -2.20. The molecule has 10 heteroatoms. The molecule has 0 unspecified atom stereocenters. The number of hydrogen-bond donors (Lipinski definition) is 2. The number of nitrogens with zero attached hydrogens (tertiary/aromatic N) is 1. The number of esters is 1. The van der Waals surface area contributed by atoms with E-state index in [2.05, 4.69) is 15.0 Å². The molecule has 0 saturated carbocycles. The summed E-state index contributed by atoms with van der Waals surface area (Å²) in [5.74, 6) is -1.40. The lowest BCUT2D eigenvalue weighted by molar-refractivity contribution is -0.116. The molecule has 1 aromatic heterocycles. The van der Waals surface area contributed by atoms with Crippen LogP contribution in [0.25, 0.3) is 0 Å². The fourth-order valence-electron chi connectivity index (χ4n) is 1.31. The zero-order valence-corrected chi connectivity index (χ0v) is 12.5. The molecule has 116 valence electrons. The van der Waals surface area contributed by atoms with Crippen LogP contribution >= 0.6 is 0 Å². The van der Waals surface area contributed by atoms with E-state index in [1.807, 2.05) is 0 Å². The van der Waals surface area contributed by atoms with Crippen LogP contribution in [0.2, 0.25) is 0 Å². The van der Waals surface area contributed by atoms with E-state index < -0.39 is 34.0 Å².